The third-order valence-electron chi connectivity index (χ3n) is 4.50. The Morgan fingerprint density at radius 1 is 1.25 bits per heavy atom. The minimum absolute atomic E-state index is 0.0278. The lowest BCUT2D eigenvalue weighted by Crippen LogP contribution is -2.29. The fourth-order valence-corrected chi connectivity index (χ4v) is 3.30. The van der Waals surface area contributed by atoms with E-state index in [1.54, 1.807) is 7.11 Å². The average molecular weight is 328 g/mol. The lowest BCUT2D eigenvalue weighted by Gasteiger charge is -2.13. The lowest BCUT2D eigenvalue weighted by atomic mass is 10.1. The van der Waals surface area contributed by atoms with Gasteiger partial charge in [0.25, 0.3) is 5.91 Å². The van der Waals surface area contributed by atoms with Gasteiger partial charge in [-0.2, -0.15) is 0 Å². The first-order valence-corrected chi connectivity index (χ1v) is 8.50. The van der Waals surface area contributed by atoms with Crippen LogP contribution in [0.2, 0.25) is 0 Å². The van der Waals surface area contributed by atoms with Gasteiger partial charge in [0.1, 0.15) is 5.69 Å². The molecule has 1 heterocycles. The molecule has 4 nitrogen and oxygen atoms in total. The smallest absolute Gasteiger partial charge is 0.268 e. The number of benzene rings is 1. The van der Waals surface area contributed by atoms with Gasteiger partial charge in [-0.05, 0) is 43.9 Å². The van der Waals surface area contributed by atoms with Crippen LogP contribution in [-0.4, -0.2) is 30.7 Å². The highest BCUT2D eigenvalue weighted by Crippen LogP contribution is 2.24. The Hall–Kier alpha value is -2.07. The molecule has 2 aromatic rings. The number of nitrogens with one attached hydrogen (secondary N) is 1. The average Bonchev–Trinajstić information content (AvgIpc) is 2.78. The van der Waals surface area contributed by atoms with E-state index in [0.717, 1.165) is 17.7 Å². The van der Waals surface area contributed by atoms with Gasteiger partial charge in [-0.1, -0.05) is 36.8 Å². The highest BCUT2D eigenvalue weighted by Gasteiger charge is 2.21. The fraction of sp³-hybridized carbons (Fsp3) is 0.450. The van der Waals surface area contributed by atoms with Crippen molar-refractivity contribution in [2.75, 3.05) is 20.3 Å². The molecule has 0 unspecified atom stereocenters. The third-order valence-corrected chi connectivity index (χ3v) is 4.50. The van der Waals surface area contributed by atoms with Crippen LogP contribution < -0.4 is 5.32 Å². The predicted molar refractivity (Wildman–Crippen MR) is 97.8 cm³/mol. The first-order valence-electron chi connectivity index (χ1n) is 8.50. The number of methoxy groups -OCH3 is 1. The van der Waals surface area contributed by atoms with Gasteiger partial charge < -0.3 is 14.6 Å². The first kappa shape index (κ1) is 18.3. The van der Waals surface area contributed by atoms with E-state index < -0.39 is 0 Å². The molecule has 0 saturated carbocycles. The van der Waals surface area contributed by atoms with Crippen molar-refractivity contribution >= 4 is 5.91 Å². The standard InChI is InChI=1S/C20H28N2O2/c1-6-18-15(3)19(20(23)21-10-11-24-5)22(16(18)4)13-17-9-7-8-14(2)12-17/h7-9,12H,6,10-11,13H2,1-5H3,(H,21,23). The zero-order chi connectivity index (χ0) is 17.7. The zero-order valence-electron chi connectivity index (χ0n) is 15.4. The number of aromatic nitrogens is 1. The molecule has 0 spiro atoms. The molecule has 1 N–H and O–H groups in total. The van der Waals surface area contributed by atoms with Crippen molar-refractivity contribution in [3.8, 4) is 0 Å². The Bertz CT molecular complexity index is 717. The van der Waals surface area contributed by atoms with Crippen molar-refractivity contribution in [1.29, 1.82) is 0 Å². The SMILES string of the molecule is CCc1c(C)c(C(=O)NCCOC)n(Cc2cccc(C)c2)c1C. The van der Waals surface area contributed by atoms with Gasteiger partial charge >= 0.3 is 0 Å². The molecule has 24 heavy (non-hydrogen) atoms. The molecule has 1 amide bonds. The quantitative estimate of drug-likeness (QED) is 0.792. The second-order valence-electron chi connectivity index (χ2n) is 6.22. The summed E-state index contributed by atoms with van der Waals surface area (Å²) in [4.78, 5) is 12.7. The monoisotopic (exact) mass is 328 g/mol. The summed E-state index contributed by atoms with van der Waals surface area (Å²) in [7, 11) is 1.64. The lowest BCUT2D eigenvalue weighted by molar-refractivity contribution is 0.0927. The highest BCUT2D eigenvalue weighted by molar-refractivity contribution is 5.95. The largest absolute Gasteiger partial charge is 0.383 e. The molecule has 0 aliphatic heterocycles. The molecule has 0 aliphatic rings. The Labute approximate surface area is 144 Å². The van der Waals surface area contributed by atoms with E-state index in [4.69, 9.17) is 4.74 Å². The van der Waals surface area contributed by atoms with Gasteiger partial charge in [-0.15, -0.1) is 0 Å². The Morgan fingerprint density at radius 2 is 2.00 bits per heavy atom. The highest BCUT2D eigenvalue weighted by atomic mass is 16.5. The Kier molecular flexibility index (Phi) is 6.21. The molecule has 2 rings (SSSR count). The van der Waals surface area contributed by atoms with E-state index in [1.807, 2.05) is 6.92 Å². The number of hydrogen-bond donors (Lipinski definition) is 1. The maximum absolute atomic E-state index is 12.7. The summed E-state index contributed by atoms with van der Waals surface area (Å²) in [5.41, 5.74) is 6.73. The number of nitrogens with zero attached hydrogens (tertiary/aromatic N) is 1. The van der Waals surface area contributed by atoms with Gasteiger partial charge in [0.2, 0.25) is 0 Å². The number of ether oxygens (including phenoxy) is 1. The van der Waals surface area contributed by atoms with Gasteiger partial charge in [0.05, 0.1) is 6.61 Å². The first-order chi connectivity index (χ1) is 11.5. The number of amides is 1. The molecule has 130 valence electrons. The van der Waals surface area contributed by atoms with Crippen molar-refractivity contribution in [2.45, 2.75) is 40.7 Å². The van der Waals surface area contributed by atoms with Crippen LogP contribution in [0.1, 0.15) is 45.4 Å². The molecule has 0 aliphatic carbocycles. The van der Waals surface area contributed by atoms with E-state index in [2.05, 4.69) is 54.9 Å². The van der Waals surface area contributed by atoms with Gasteiger partial charge in [0, 0.05) is 25.9 Å². The van der Waals surface area contributed by atoms with Gasteiger partial charge in [0.15, 0.2) is 0 Å². The molecule has 0 saturated heterocycles. The van der Waals surface area contributed by atoms with Crippen LogP contribution in [0.3, 0.4) is 0 Å². The normalized spacial score (nSPS) is 10.9. The van der Waals surface area contributed by atoms with Crippen molar-refractivity contribution in [1.82, 2.24) is 9.88 Å². The van der Waals surface area contributed by atoms with E-state index in [9.17, 15) is 4.79 Å². The molecule has 0 atom stereocenters. The predicted octanol–water partition coefficient (Wildman–Crippen LogP) is 3.40. The molecule has 1 aromatic carbocycles. The van der Waals surface area contributed by atoms with Crippen molar-refractivity contribution < 1.29 is 9.53 Å². The number of carbonyl (C=O) groups is 1. The summed E-state index contributed by atoms with van der Waals surface area (Å²) >= 11 is 0. The van der Waals surface area contributed by atoms with Crippen LogP contribution >= 0.6 is 0 Å². The van der Waals surface area contributed by atoms with Crippen LogP contribution in [0.4, 0.5) is 0 Å². The number of hydrogen-bond acceptors (Lipinski definition) is 2. The van der Waals surface area contributed by atoms with Crippen molar-refractivity contribution in [2.24, 2.45) is 0 Å². The number of carbonyl (C=O) groups excluding carboxylic acids is 1. The summed E-state index contributed by atoms with van der Waals surface area (Å²) in [6.07, 6.45) is 0.927. The molecule has 1 aromatic heterocycles. The van der Waals surface area contributed by atoms with Crippen LogP contribution in [0.5, 0.6) is 0 Å². The number of aryl methyl sites for hydroxylation is 1. The van der Waals surface area contributed by atoms with E-state index in [1.165, 1.54) is 22.4 Å². The van der Waals surface area contributed by atoms with E-state index in [-0.39, 0.29) is 5.91 Å². The van der Waals surface area contributed by atoms with Crippen LogP contribution in [0.15, 0.2) is 24.3 Å². The van der Waals surface area contributed by atoms with Gasteiger partial charge in [-0.3, -0.25) is 4.79 Å². The summed E-state index contributed by atoms with van der Waals surface area (Å²) in [5.74, 6) is -0.0278. The number of rotatable bonds is 7. The third kappa shape index (κ3) is 3.88. The summed E-state index contributed by atoms with van der Waals surface area (Å²) < 4.78 is 7.17. The summed E-state index contributed by atoms with van der Waals surface area (Å²) in [6, 6.07) is 8.44. The molecular weight excluding hydrogens is 300 g/mol. The molecule has 4 heteroatoms. The maximum atomic E-state index is 12.7. The minimum atomic E-state index is -0.0278. The van der Waals surface area contributed by atoms with E-state index in [0.29, 0.717) is 19.7 Å². The molecular formula is C20H28N2O2. The topological polar surface area (TPSA) is 43.3 Å². The van der Waals surface area contributed by atoms with Crippen molar-refractivity contribution in [3.63, 3.8) is 0 Å². The second kappa shape index (κ2) is 8.15. The fourth-order valence-electron chi connectivity index (χ4n) is 3.30. The second-order valence-corrected chi connectivity index (χ2v) is 6.22. The Morgan fingerprint density at radius 3 is 2.62 bits per heavy atom. The molecule has 0 bridgehead atoms. The molecule has 0 fully saturated rings. The Balaban J connectivity index is 2.39. The summed E-state index contributed by atoms with van der Waals surface area (Å²) in [5, 5.41) is 2.96. The van der Waals surface area contributed by atoms with Gasteiger partial charge in [-0.25, -0.2) is 0 Å². The zero-order valence-corrected chi connectivity index (χ0v) is 15.4. The molecule has 0 radical (unpaired) electrons. The minimum Gasteiger partial charge on any atom is -0.383 e. The summed E-state index contributed by atoms with van der Waals surface area (Å²) in [6.45, 7) is 10.1. The van der Waals surface area contributed by atoms with Crippen LogP contribution in [-0.2, 0) is 17.7 Å². The van der Waals surface area contributed by atoms with E-state index >= 15 is 0 Å². The maximum Gasteiger partial charge on any atom is 0.268 e. The van der Waals surface area contributed by atoms with Crippen molar-refractivity contribution in [3.05, 3.63) is 57.9 Å². The van der Waals surface area contributed by atoms with Crippen LogP contribution in [0.25, 0.3) is 0 Å². The van der Waals surface area contributed by atoms with Crippen LogP contribution in [0, 0.1) is 20.8 Å².